The number of nitrogens with one attached hydrogen (secondary N) is 1. The summed E-state index contributed by atoms with van der Waals surface area (Å²) in [7, 11) is 0. The first-order chi connectivity index (χ1) is 6.81. The van der Waals surface area contributed by atoms with E-state index in [0.717, 1.165) is 5.92 Å². The highest BCUT2D eigenvalue weighted by molar-refractivity contribution is 14.1. The molecule has 1 aromatic rings. The van der Waals surface area contributed by atoms with Crippen molar-refractivity contribution in [1.82, 2.24) is 0 Å². The number of fused-ring (bicyclic) bond motifs is 1. The van der Waals surface area contributed by atoms with E-state index >= 15 is 0 Å². The highest BCUT2D eigenvalue weighted by Gasteiger charge is 2.21. The Morgan fingerprint density at radius 2 is 2.29 bits per heavy atom. The lowest BCUT2D eigenvalue weighted by molar-refractivity contribution is 0.494. The van der Waals surface area contributed by atoms with Crippen LogP contribution in [-0.2, 0) is 6.42 Å². The maximum atomic E-state index is 3.64. The van der Waals surface area contributed by atoms with Crippen molar-refractivity contribution < 1.29 is 0 Å². The molecule has 0 amide bonds. The van der Waals surface area contributed by atoms with Crippen LogP contribution >= 0.6 is 22.6 Å². The van der Waals surface area contributed by atoms with Crippen molar-refractivity contribution in [2.24, 2.45) is 5.92 Å². The van der Waals surface area contributed by atoms with Gasteiger partial charge in [-0.25, -0.2) is 0 Å². The van der Waals surface area contributed by atoms with E-state index in [1.807, 2.05) is 0 Å². The van der Waals surface area contributed by atoms with Crippen LogP contribution in [0.3, 0.4) is 0 Å². The SMILES string of the molecule is CC(CI)[C@H]1CCc2ccccc2N1. The molecule has 76 valence electrons. The van der Waals surface area contributed by atoms with E-state index in [1.54, 1.807) is 0 Å². The quantitative estimate of drug-likeness (QED) is 0.651. The Bertz CT molecular complexity index is 311. The Hall–Kier alpha value is -0.250. The number of anilines is 1. The first-order valence-corrected chi connectivity index (χ1v) is 6.74. The minimum Gasteiger partial charge on any atom is -0.382 e. The van der Waals surface area contributed by atoms with Crippen LogP contribution in [0.1, 0.15) is 18.9 Å². The van der Waals surface area contributed by atoms with Crippen molar-refractivity contribution in [3.63, 3.8) is 0 Å². The van der Waals surface area contributed by atoms with E-state index in [9.17, 15) is 0 Å². The van der Waals surface area contributed by atoms with Gasteiger partial charge in [-0.2, -0.15) is 0 Å². The summed E-state index contributed by atoms with van der Waals surface area (Å²) in [5.74, 6) is 0.768. The van der Waals surface area contributed by atoms with Crippen molar-refractivity contribution in [3.8, 4) is 0 Å². The maximum Gasteiger partial charge on any atom is 0.0374 e. The second kappa shape index (κ2) is 4.51. The number of alkyl halides is 1. The molecule has 1 N–H and O–H groups in total. The first-order valence-electron chi connectivity index (χ1n) is 5.21. The van der Waals surface area contributed by atoms with Crippen LogP contribution in [0.25, 0.3) is 0 Å². The summed E-state index contributed by atoms with van der Waals surface area (Å²) in [6.07, 6.45) is 2.51. The topological polar surface area (TPSA) is 12.0 Å². The molecule has 0 radical (unpaired) electrons. The number of hydrogen-bond donors (Lipinski definition) is 1. The summed E-state index contributed by atoms with van der Waals surface area (Å²) in [5.41, 5.74) is 2.82. The molecule has 14 heavy (non-hydrogen) atoms. The molecule has 0 bridgehead atoms. The molecular weight excluding hydrogens is 285 g/mol. The molecule has 2 atom stereocenters. The molecular formula is C12H16IN. The average Bonchev–Trinajstić information content (AvgIpc) is 2.27. The fourth-order valence-corrected chi connectivity index (χ4v) is 2.61. The smallest absolute Gasteiger partial charge is 0.0374 e. The maximum absolute atomic E-state index is 3.64. The predicted molar refractivity (Wildman–Crippen MR) is 70.2 cm³/mol. The molecule has 1 unspecified atom stereocenters. The molecule has 0 spiro atoms. The van der Waals surface area contributed by atoms with E-state index in [0.29, 0.717) is 6.04 Å². The van der Waals surface area contributed by atoms with Crippen LogP contribution in [0.4, 0.5) is 5.69 Å². The Balaban J connectivity index is 2.13. The third-order valence-corrected chi connectivity index (χ3v) is 4.40. The number of hydrogen-bond acceptors (Lipinski definition) is 1. The lowest BCUT2D eigenvalue weighted by Crippen LogP contribution is -2.32. The number of para-hydroxylation sites is 1. The zero-order valence-corrected chi connectivity index (χ0v) is 10.6. The highest BCUT2D eigenvalue weighted by Crippen LogP contribution is 2.27. The van der Waals surface area contributed by atoms with Gasteiger partial charge < -0.3 is 5.32 Å². The normalized spacial score (nSPS) is 22.3. The minimum absolute atomic E-state index is 0.668. The Labute approximate surface area is 99.4 Å². The number of aryl methyl sites for hydroxylation is 1. The van der Waals surface area contributed by atoms with Crippen LogP contribution in [0.15, 0.2) is 24.3 Å². The molecule has 0 saturated heterocycles. The summed E-state index contributed by atoms with van der Waals surface area (Å²) >= 11 is 2.48. The van der Waals surface area contributed by atoms with Crippen molar-refractivity contribution in [2.45, 2.75) is 25.8 Å². The third-order valence-electron chi connectivity index (χ3n) is 3.01. The van der Waals surface area contributed by atoms with Crippen molar-refractivity contribution >= 4 is 28.3 Å². The van der Waals surface area contributed by atoms with E-state index in [-0.39, 0.29) is 0 Å². The van der Waals surface area contributed by atoms with Crippen molar-refractivity contribution in [3.05, 3.63) is 29.8 Å². The number of halogens is 1. The van der Waals surface area contributed by atoms with Crippen LogP contribution in [-0.4, -0.2) is 10.5 Å². The summed E-state index contributed by atoms with van der Waals surface area (Å²) < 4.78 is 1.23. The molecule has 0 aliphatic carbocycles. The highest BCUT2D eigenvalue weighted by atomic mass is 127. The van der Waals surface area contributed by atoms with Crippen LogP contribution in [0, 0.1) is 5.92 Å². The van der Waals surface area contributed by atoms with Crippen LogP contribution in [0.2, 0.25) is 0 Å². The van der Waals surface area contributed by atoms with Gasteiger partial charge in [-0.15, -0.1) is 0 Å². The van der Waals surface area contributed by atoms with Gasteiger partial charge in [0, 0.05) is 16.2 Å². The summed E-state index contributed by atoms with van der Waals surface area (Å²) in [5, 5.41) is 3.64. The second-order valence-corrected chi connectivity index (χ2v) is 4.96. The molecule has 0 fully saturated rings. The minimum atomic E-state index is 0.668. The van der Waals surface area contributed by atoms with Crippen molar-refractivity contribution in [1.29, 1.82) is 0 Å². The molecule has 0 aromatic heterocycles. The molecule has 2 heteroatoms. The summed E-state index contributed by atoms with van der Waals surface area (Å²) in [4.78, 5) is 0. The van der Waals surface area contributed by atoms with E-state index in [2.05, 4.69) is 59.1 Å². The fraction of sp³-hybridized carbons (Fsp3) is 0.500. The fourth-order valence-electron chi connectivity index (χ4n) is 2.00. The van der Waals surface area contributed by atoms with E-state index in [1.165, 1.54) is 28.5 Å². The monoisotopic (exact) mass is 301 g/mol. The standard InChI is InChI=1S/C12H16IN/c1-9(8-13)11-7-6-10-4-2-3-5-12(10)14-11/h2-5,9,11,14H,6-8H2,1H3/t9?,11-/m1/s1. The molecule has 0 saturated carbocycles. The van der Waals surface area contributed by atoms with Gasteiger partial charge in [0.1, 0.15) is 0 Å². The Kier molecular flexibility index (Phi) is 3.31. The average molecular weight is 301 g/mol. The van der Waals surface area contributed by atoms with Gasteiger partial charge in [-0.1, -0.05) is 47.7 Å². The van der Waals surface area contributed by atoms with Crippen molar-refractivity contribution in [2.75, 3.05) is 9.74 Å². The third kappa shape index (κ3) is 2.05. The van der Waals surface area contributed by atoms with Gasteiger partial charge in [0.15, 0.2) is 0 Å². The van der Waals surface area contributed by atoms with Crippen LogP contribution in [0.5, 0.6) is 0 Å². The van der Waals surface area contributed by atoms with Crippen LogP contribution < -0.4 is 5.32 Å². The molecule has 1 aliphatic rings. The predicted octanol–water partition coefficient (Wildman–Crippen LogP) is 3.48. The zero-order chi connectivity index (χ0) is 9.97. The largest absolute Gasteiger partial charge is 0.382 e. The van der Waals surface area contributed by atoms with Gasteiger partial charge in [0.2, 0.25) is 0 Å². The number of rotatable bonds is 2. The van der Waals surface area contributed by atoms with E-state index < -0.39 is 0 Å². The molecule has 1 heterocycles. The van der Waals surface area contributed by atoms with E-state index in [4.69, 9.17) is 0 Å². The van der Waals surface area contributed by atoms with Gasteiger partial charge >= 0.3 is 0 Å². The van der Waals surface area contributed by atoms with Gasteiger partial charge in [0.05, 0.1) is 0 Å². The molecule has 1 aromatic carbocycles. The molecule has 1 nitrogen and oxygen atoms in total. The summed E-state index contributed by atoms with van der Waals surface area (Å²) in [6, 6.07) is 9.34. The van der Waals surface area contributed by atoms with Gasteiger partial charge in [-0.05, 0) is 30.4 Å². The Morgan fingerprint density at radius 3 is 3.07 bits per heavy atom. The molecule has 1 aliphatic heterocycles. The first kappa shape index (κ1) is 10.3. The Morgan fingerprint density at radius 1 is 1.50 bits per heavy atom. The lowest BCUT2D eigenvalue weighted by Gasteiger charge is -2.30. The van der Waals surface area contributed by atoms with Gasteiger partial charge in [-0.3, -0.25) is 0 Å². The second-order valence-electron chi connectivity index (χ2n) is 4.08. The zero-order valence-electron chi connectivity index (χ0n) is 8.46. The lowest BCUT2D eigenvalue weighted by atomic mass is 9.92. The molecule has 2 rings (SSSR count). The number of benzene rings is 1. The van der Waals surface area contributed by atoms with Gasteiger partial charge in [0.25, 0.3) is 0 Å². The summed E-state index contributed by atoms with van der Waals surface area (Å²) in [6.45, 7) is 2.33.